The number of esters is 1. The number of benzene rings is 3. The average molecular weight is 551 g/mol. The molecular weight excluding hydrogens is 529 g/mol. The lowest BCUT2D eigenvalue weighted by molar-refractivity contribution is -0.136. The summed E-state index contributed by atoms with van der Waals surface area (Å²) in [6, 6.07) is 18.0. The number of halogens is 3. The molecule has 1 aliphatic rings. The molecule has 0 saturated heterocycles. The first kappa shape index (κ1) is 25.7. The first-order valence-electron chi connectivity index (χ1n) is 10.9. The second-order valence-corrected chi connectivity index (χ2v) is 10.1. The van der Waals surface area contributed by atoms with E-state index < -0.39 is 18.1 Å². The van der Waals surface area contributed by atoms with Crippen molar-refractivity contribution in [2.75, 3.05) is 18.6 Å². The maximum Gasteiger partial charge on any atom is 0.407 e. The molecule has 1 atom stereocenters. The highest BCUT2D eigenvalue weighted by atomic mass is 35.5. The van der Waals surface area contributed by atoms with Crippen molar-refractivity contribution in [3.05, 3.63) is 86.9 Å². The molecule has 5 nitrogen and oxygen atoms in total. The van der Waals surface area contributed by atoms with Crippen molar-refractivity contribution in [1.29, 1.82) is 0 Å². The summed E-state index contributed by atoms with van der Waals surface area (Å²) in [5.41, 5.74) is 4.48. The lowest BCUT2D eigenvalue weighted by Crippen LogP contribution is -2.44. The number of amides is 1. The van der Waals surface area contributed by atoms with Crippen LogP contribution in [0.25, 0.3) is 11.1 Å². The van der Waals surface area contributed by atoms with E-state index in [0.29, 0.717) is 12.2 Å². The van der Waals surface area contributed by atoms with Crippen LogP contribution in [0.15, 0.2) is 60.7 Å². The predicted octanol–water partition coefficient (Wildman–Crippen LogP) is 7.21. The Labute approximate surface area is 223 Å². The number of hydrogen-bond donors (Lipinski definition) is 1. The van der Waals surface area contributed by atoms with Gasteiger partial charge in [0.2, 0.25) is 0 Å². The third-order valence-electron chi connectivity index (χ3n) is 5.72. The molecule has 0 aliphatic heterocycles. The number of ether oxygens (including phenoxy) is 2. The predicted molar refractivity (Wildman–Crippen MR) is 142 cm³/mol. The third kappa shape index (κ3) is 5.89. The number of thioether (sulfide) groups is 1. The molecule has 3 aromatic carbocycles. The summed E-state index contributed by atoms with van der Waals surface area (Å²) in [6.07, 6.45) is 1.56. The van der Waals surface area contributed by atoms with Crippen LogP contribution in [0, 0.1) is 0 Å². The minimum Gasteiger partial charge on any atom is -0.449 e. The minimum atomic E-state index is -0.927. The quantitative estimate of drug-likeness (QED) is 0.182. The SMILES string of the molecule is CSCC[C@H](NC(=O)OCC1c2ccccc2-c2ccccc21)C(=O)Oc1cc(Cl)c(Cl)cc1Cl. The summed E-state index contributed by atoms with van der Waals surface area (Å²) >= 11 is 19.6. The van der Waals surface area contributed by atoms with Crippen molar-refractivity contribution >= 4 is 58.6 Å². The number of fused-ring (bicyclic) bond motifs is 3. The maximum atomic E-state index is 12.9. The average Bonchev–Trinajstić information content (AvgIpc) is 3.17. The van der Waals surface area contributed by atoms with Gasteiger partial charge in [0.15, 0.2) is 5.75 Å². The Morgan fingerprint density at radius 1 is 0.943 bits per heavy atom. The highest BCUT2D eigenvalue weighted by Gasteiger charge is 2.30. The molecule has 0 heterocycles. The highest BCUT2D eigenvalue weighted by Crippen LogP contribution is 2.44. The van der Waals surface area contributed by atoms with Crippen molar-refractivity contribution in [3.8, 4) is 16.9 Å². The van der Waals surface area contributed by atoms with Gasteiger partial charge in [-0.3, -0.25) is 0 Å². The van der Waals surface area contributed by atoms with E-state index in [4.69, 9.17) is 44.3 Å². The van der Waals surface area contributed by atoms with Gasteiger partial charge in [-0.15, -0.1) is 0 Å². The van der Waals surface area contributed by atoms with Crippen LogP contribution in [-0.2, 0) is 9.53 Å². The van der Waals surface area contributed by atoms with E-state index in [1.165, 1.54) is 12.1 Å². The highest BCUT2D eigenvalue weighted by molar-refractivity contribution is 7.98. The molecule has 1 amide bonds. The summed E-state index contributed by atoms with van der Waals surface area (Å²) in [4.78, 5) is 25.6. The van der Waals surface area contributed by atoms with Crippen LogP contribution < -0.4 is 10.1 Å². The van der Waals surface area contributed by atoms with Crippen molar-refractivity contribution in [3.63, 3.8) is 0 Å². The monoisotopic (exact) mass is 549 g/mol. The third-order valence-corrected chi connectivity index (χ3v) is 7.38. The van der Waals surface area contributed by atoms with Crippen LogP contribution in [0.4, 0.5) is 4.79 Å². The Kier molecular flexibility index (Phi) is 8.50. The zero-order valence-electron chi connectivity index (χ0n) is 18.7. The first-order valence-corrected chi connectivity index (χ1v) is 13.4. The van der Waals surface area contributed by atoms with Gasteiger partial charge in [0.05, 0.1) is 15.1 Å². The molecule has 0 aromatic heterocycles. The van der Waals surface area contributed by atoms with Gasteiger partial charge in [-0.1, -0.05) is 83.3 Å². The minimum absolute atomic E-state index is 0.0644. The lowest BCUT2D eigenvalue weighted by Gasteiger charge is -2.19. The molecule has 182 valence electrons. The molecule has 0 unspecified atom stereocenters. The van der Waals surface area contributed by atoms with E-state index in [1.54, 1.807) is 11.8 Å². The molecule has 0 radical (unpaired) electrons. The fourth-order valence-corrected chi connectivity index (χ4v) is 5.08. The number of rotatable bonds is 8. The van der Waals surface area contributed by atoms with E-state index in [1.807, 2.05) is 42.7 Å². The van der Waals surface area contributed by atoms with E-state index in [9.17, 15) is 9.59 Å². The summed E-state index contributed by atoms with van der Waals surface area (Å²) < 4.78 is 11.0. The van der Waals surface area contributed by atoms with Crippen LogP contribution in [-0.4, -0.2) is 36.7 Å². The Balaban J connectivity index is 1.43. The van der Waals surface area contributed by atoms with Gasteiger partial charge in [0.1, 0.15) is 12.6 Å². The van der Waals surface area contributed by atoms with E-state index in [-0.39, 0.29) is 33.3 Å². The second-order valence-electron chi connectivity index (χ2n) is 7.92. The van der Waals surface area contributed by atoms with Gasteiger partial charge in [-0.05, 0) is 46.7 Å². The number of hydrogen-bond acceptors (Lipinski definition) is 5. The molecule has 4 rings (SSSR count). The Bertz CT molecular complexity index is 1210. The zero-order valence-corrected chi connectivity index (χ0v) is 21.8. The van der Waals surface area contributed by atoms with Gasteiger partial charge in [0, 0.05) is 12.0 Å². The van der Waals surface area contributed by atoms with Gasteiger partial charge >= 0.3 is 12.1 Å². The molecule has 35 heavy (non-hydrogen) atoms. The molecule has 0 spiro atoms. The second kappa shape index (κ2) is 11.6. The van der Waals surface area contributed by atoms with Crippen LogP contribution in [0.1, 0.15) is 23.5 Å². The van der Waals surface area contributed by atoms with Crippen LogP contribution in [0.3, 0.4) is 0 Å². The topological polar surface area (TPSA) is 64.6 Å². The van der Waals surface area contributed by atoms with Crippen LogP contribution >= 0.6 is 46.6 Å². The number of carbonyl (C=O) groups excluding carboxylic acids is 2. The summed E-state index contributed by atoms with van der Waals surface area (Å²) in [5.74, 6) is -0.0689. The van der Waals surface area contributed by atoms with Crippen LogP contribution in [0.5, 0.6) is 5.75 Å². The fraction of sp³-hybridized carbons (Fsp3) is 0.231. The van der Waals surface area contributed by atoms with Gasteiger partial charge in [-0.2, -0.15) is 11.8 Å². The molecule has 0 saturated carbocycles. The summed E-state index contributed by atoms with van der Waals surface area (Å²) in [6.45, 7) is 0.142. The van der Waals surface area contributed by atoms with E-state index >= 15 is 0 Å². The van der Waals surface area contributed by atoms with Crippen molar-refractivity contribution in [2.45, 2.75) is 18.4 Å². The van der Waals surface area contributed by atoms with Crippen molar-refractivity contribution in [1.82, 2.24) is 5.32 Å². The Morgan fingerprint density at radius 2 is 1.54 bits per heavy atom. The standard InChI is InChI=1S/C26H22Cl3NO4S/c1-35-11-10-23(25(31)34-24-13-21(28)20(27)12-22(24)29)30-26(32)33-14-19-17-8-4-2-6-15(17)16-7-3-5-9-18(16)19/h2-9,12-13,19,23H,10-11,14H2,1H3,(H,30,32)/t23-/m0/s1. The summed E-state index contributed by atoms with van der Waals surface area (Å²) in [7, 11) is 0. The molecule has 3 aromatic rings. The van der Waals surface area contributed by atoms with Crippen molar-refractivity contribution < 1.29 is 19.1 Å². The fourth-order valence-electron chi connectivity index (χ4n) is 4.03. The van der Waals surface area contributed by atoms with E-state index in [0.717, 1.165) is 22.3 Å². The normalized spacial score (nSPS) is 13.0. The number of alkyl carbamates (subject to hydrolysis) is 1. The Morgan fingerprint density at radius 3 is 2.17 bits per heavy atom. The molecule has 1 N–H and O–H groups in total. The van der Waals surface area contributed by atoms with Gasteiger partial charge in [-0.25, -0.2) is 9.59 Å². The molecule has 1 aliphatic carbocycles. The zero-order chi connectivity index (χ0) is 24.9. The maximum absolute atomic E-state index is 12.9. The molecule has 0 bridgehead atoms. The van der Waals surface area contributed by atoms with Gasteiger partial charge < -0.3 is 14.8 Å². The smallest absolute Gasteiger partial charge is 0.407 e. The van der Waals surface area contributed by atoms with E-state index in [2.05, 4.69) is 17.4 Å². The molecular formula is C26H22Cl3NO4S. The molecule has 9 heteroatoms. The Hall–Kier alpha value is -2.38. The van der Waals surface area contributed by atoms with Gasteiger partial charge in [0.25, 0.3) is 0 Å². The lowest BCUT2D eigenvalue weighted by atomic mass is 9.98. The number of nitrogens with one attached hydrogen (secondary N) is 1. The van der Waals surface area contributed by atoms with Crippen LogP contribution in [0.2, 0.25) is 15.1 Å². The van der Waals surface area contributed by atoms with Crippen molar-refractivity contribution in [2.24, 2.45) is 0 Å². The number of carbonyl (C=O) groups is 2. The largest absolute Gasteiger partial charge is 0.449 e. The molecule has 0 fully saturated rings. The summed E-state index contributed by atoms with van der Waals surface area (Å²) in [5, 5.41) is 3.22. The first-order chi connectivity index (χ1) is 16.9.